The number of hydrogen-bond acceptors (Lipinski definition) is 5. The van der Waals surface area contributed by atoms with Crippen molar-refractivity contribution in [3.05, 3.63) is 74.8 Å². The van der Waals surface area contributed by atoms with Gasteiger partial charge in [0.25, 0.3) is 11.6 Å². The molecule has 0 aliphatic heterocycles. The molecule has 8 heteroatoms. The van der Waals surface area contributed by atoms with E-state index >= 15 is 0 Å². The Morgan fingerprint density at radius 1 is 1.19 bits per heavy atom. The van der Waals surface area contributed by atoms with E-state index in [0.717, 1.165) is 0 Å². The molecule has 2 aromatic rings. The van der Waals surface area contributed by atoms with Crippen LogP contribution < -0.4 is 4.74 Å². The lowest BCUT2D eigenvalue weighted by Crippen LogP contribution is -2.27. The molecule has 0 saturated carbocycles. The summed E-state index contributed by atoms with van der Waals surface area (Å²) in [5.41, 5.74) is 0.667. The lowest BCUT2D eigenvalue weighted by atomic mass is 10.1. The molecule has 0 aliphatic carbocycles. The summed E-state index contributed by atoms with van der Waals surface area (Å²) in [6.07, 6.45) is 2.72. The number of halogens is 1. The maximum absolute atomic E-state index is 12.2. The zero-order valence-electron chi connectivity index (χ0n) is 14.7. The Morgan fingerprint density at radius 3 is 2.44 bits per heavy atom. The fourth-order valence-electron chi connectivity index (χ4n) is 2.02. The molecule has 1 amide bonds. The van der Waals surface area contributed by atoms with Crippen molar-refractivity contribution in [1.82, 2.24) is 4.90 Å². The van der Waals surface area contributed by atoms with Crippen LogP contribution in [0.1, 0.15) is 15.9 Å². The summed E-state index contributed by atoms with van der Waals surface area (Å²) < 4.78 is 5.34. The van der Waals surface area contributed by atoms with Gasteiger partial charge in [0, 0.05) is 36.8 Å². The number of carbonyl (C=O) groups is 2. The SMILES string of the molecule is CN(C)C(=O)COc1ccc(C(=O)/C=C/c2cc([N+](=O)[O-])ccc2Cl)cc1. The number of nitro groups is 1. The number of benzene rings is 2. The largest absolute Gasteiger partial charge is 0.484 e. The van der Waals surface area contributed by atoms with Crippen LogP contribution in [0.4, 0.5) is 5.69 Å². The number of nitro benzene ring substituents is 1. The maximum Gasteiger partial charge on any atom is 0.270 e. The van der Waals surface area contributed by atoms with E-state index in [0.29, 0.717) is 21.9 Å². The Hall–Kier alpha value is -3.19. The van der Waals surface area contributed by atoms with Crippen molar-refractivity contribution in [2.75, 3.05) is 20.7 Å². The van der Waals surface area contributed by atoms with Crippen LogP contribution in [0.5, 0.6) is 5.75 Å². The van der Waals surface area contributed by atoms with Gasteiger partial charge in [0.05, 0.1) is 4.92 Å². The monoisotopic (exact) mass is 388 g/mol. The number of hydrogen-bond donors (Lipinski definition) is 0. The quantitative estimate of drug-likeness (QED) is 0.313. The topological polar surface area (TPSA) is 89.8 Å². The van der Waals surface area contributed by atoms with E-state index in [-0.39, 0.29) is 24.0 Å². The summed E-state index contributed by atoms with van der Waals surface area (Å²) in [7, 11) is 3.26. The first-order valence-corrected chi connectivity index (χ1v) is 8.25. The second-order valence-corrected chi connectivity index (χ2v) is 6.17. The van der Waals surface area contributed by atoms with Crippen molar-refractivity contribution < 1.29 is 19.2 Å². The van der Waals surface area contributed by atoms with Gasteiger partial charge < -0.3 is 9.64 Å². The number of carbonyl (C=O) groups excluding carboxylic acids is 2. The normalized spacial score (nSPS) is 10.6. The fraction of sp³-hybridized carbons (Fsp3) is 0.158. The highest BCUT2D eigenvalue weighted by atomic mass is 35.5. The van der Waals surface area contributed by atoms with Gasteiger partial charge in [-0.25, -0.2) is 0 Å². The molecule has 2 aromatic carbocycles. The minimum atomic E-state index is -0.532. The molecule has 0 saturated heterocycles. The van der Waals surface area contributed by atoms with E-state index in [1.807, 2.05) is 0 Å². The van der Waals surface area contributed by atoms with Crippen LogP contribution in [-0.2, 0) is 4.79 Å². The van der Waals surface area contributed by atoms with Crippen LogP contribution in [0.2, 0.25) is 5.02 Å². The van der Waals surface area contributed by atoms with Crippen molar-refractivity contribution in [2.45, 2.75) is 0 Å². The van der Waals surface area contributed by atoms with E-state index in [9.17, 15) is 19.7 Å². The average Bonchev–Trinajstić information content (AvgIpc) is 2.65. The summed E-state index contributed by atoms with van der Waals surface area (Å²) in [5, 5.41) is 11.1. The summed E-state index contributed by atoms with van der Waals surface area (Å²) in [4.78, 5) is 35.4. The van der Waals surface area contributed by atoms with E-state index in [1.165, 1.54) is 35.3 Å². The molecule has 0 aromatic heterocycles. The summed E-state index contributed by atoms with van der Waals surface area (Å²) >= 11 is 6.00. The fourth-order valence-corrected chi connectivity index (χ4v) is 2.20. The number of non-ortho nitro benzene ring substituents is 1. The van der Waals surface area contributed by atoms with Crippen molar-refractivity contribution in [1.29, 1.82) is 0 Å². The molecule has 0 N–H and O–H groups in total. The lowest BCUT2D eigenvalue weighted by Gasteiger charge is -2.11. The molecule has 0 fully saturated rings. The van der Waals surface area contributed by atoms with Gasteiger partial charge in [0.1, 0.15) is 5.75 Å². The Balaban J connectivity index is 2.06. The van der Waals surface area contributed by atoms with Crippen LogP contribution in [-0.4, -0.2) is 42.2 Å². The number of likely N-dealkylation sites (N-methyl/N-ethyl adjacent to an activating group) is 1. The van der Waals surface area contributed by atoms with Gasteiger partial charge in [-0.15, -0.1) is 0 Å². The molecule has 27 heavy (non-hydrogen) atoms. The molecule has 0 spiro atoms. The third-order valence-electron chi connectivity index (χ3n) is 3.60. The first kappa shape index (κ1) is 20.1. The summed E-state index contributed by atoms with van der Waals surface area (Å²) in [6.45, 7) is -0.0918. The molecule has 140 valence electrons. The van der Waals surface area contributed by atoms with Gasteiger partial charge >= 0.3 is 0 Å². The van der Waals surface area contributed by atoms with Crippen molar-refractivity contribution >= 4 is 35.1 Å². The Morgan fingerprint density at radius 2 is 1.85 bits per heavy atom. The number of allylic oxidation sites excluding steroid dienone is 1. The highest BCUT2D eigenvalue weighted by molar-refractivity contribution is 6.32. The molecular weight excluding hydrogens is 372 g/mol. The number of ether oxygens (including phenoxy) is 1. The highest BCUT2D eigenvalue weighted by Crippen LogP contribution is 2.23. The smallest absolute Gasteiger partial charge is 0.270 e. The second kappa shape index (κ2) is 8.95. The number of nitrogens with zero attached hydrogens (tertiary/aromatic N) is 2. The van der Waals surface area contributed by atoms with Crippen LogP contribution in [0.25, 0.3) is 6.08 Å². The zero-order valence-corrected chi connectivity index (χ0v) is 15.5. The summed E-state index contributed by atoms with van der Waals surface area (Å²) in [5.74, 6) is -0.00660. The number of ketones is 1. The van der Waals surface area contributed by atoms with Crippen molar-refractivity contribution in [3.63, 3.8) is 0 Å². The van der Waals surface area contributed by atoms with Gasteiger partial charge in [-0.2, -0.15) is 0 Å². The van der Waals surface area contributed by atoms with Gasteiger partial charge in [-0.3, -0.25) is 19.7 Å². The highest BCUT2D eigenvalue weighted by Gasteiger charge is 2.09. The Bertz CT molecular complexity index is 891. The molecule has 0 unspecified atom stereocenters. The molecule has 7 nitrogen and oxygen atoms in total. The van der Waals surface area contributed by atoms with Crippen LogP contribution in [0.3, 0.4) is 0 Å². The van der Waals surface area contributed by atoms with Crippen molar-refractivity contribution in [3.8, 4) is 5.75 Å². The molecule has 0 bridgehead atoms. The molecule has 0 heterocycles. The minimum absolute atomic E-state index is 0.0918. The number of amides is 1. The lowest BCUT2D eigenvalue weighted by molar-refractivity contribution is -0.384. The molecule has 0 radical (unpaired) electrons. The standard InChI is InChI=1S/C19H17ClN2O5/c1-21(2)19(24)12-27-16-7-3-13(4-8-16)18(23)10-5-14-11-15(22(25)26)6-9-17(14)20/h3-11H,12H2,1-2H3/b10-5+. The molecule has 2 rings (SSSR count). The van der Waals surface area contributed by atoms with E-state index in [2.05, 4.69) is 0 Å². The van der Waals surface area contributed by atoms with E-state index < -0.39 is 4.92 Å². The molecular formula is C19H17ClN2O5. The van der Waals surface area contributed by atoms with Gasteiger partial charge in [0.2, 0.25) is 0 Å². The Labute approximate surface area is 161 Å². The first-order valence-electron chi connectivity index (χ1n) is 7.87. The first-order chi connectivity index (χ1) is 12.8. The molecule has 0 atom stereocenters. The van der Waals surface area contributed by atoms with Gasteiger partial charge in [-0.05, 0) is 48.0 Å². The maximum atomic E-state index is 12.2. The predicted molar refractivity (Wildman–Crippen MR) is 102 cm³/mol. The minimum Gasteiger partial charge on any atom is -0.484 e. The van der Waals surface area contributed by atoms with Crippen LogP contribution >= 0.6 is 11.6 Å². The summed E-state index contributed by atoms with van der Waals surface area (Å²) in [6, 6.07) is 10.3. The zero-order chi connectivity index (χ0) is 20.0. The number of rotatable bonds is 7. The Kier molecular flexibility index (Phi) is 6.67. The third kappa shape index (κ3) is 5.65. The third-order valence-corrected chi connectivity index (χ3v) is 3.95. The van der Waals surface area contributed by atoms with Crippen LogP contribution in [0, 0.1) is 10.1 Å². The van der Waals surface area contributed by atoms with Crippen LogP contribution in [0.15, 0.2) is 48.5 Å². The van der Waals surface area contributed by atoms with Crippen molar-refractivity contribution in [2.24, 2.45) is 0 Å². The van der Waals surface area contributed by atoms with Gasteiger partial charge in [0.15, 0.2) is 12.4 Å². The average molecular weight is 389 g/mol. The second-order valence-electron chi connectivity index (χ2n) is 5.76. The van der Waals surface area contributed by atoms with E-state index in [1.54, 1.807) is 38.4 Å². The van der Waals surface area contributed by atoms with E-state index in [4.69, 9.17) is 16.3 Å². The molecule has 0 aliphatic rings. The predicted octanol–water partition coefficient (Wildman–Crippen LogP) is 3.61. The van der Waals surface area contributed by atoms with Gasteiger partial charge in [-0.1, -0.05) is 11.6 Å².